The standard InChI is InChI=1S/C38H39Cl3N6O4/c1-50-32-15-22(14-21-11-13-47(20-29(21)32)19-24-7-9-34(49)45-24)37-36(41)26(10-12-43-37)25-4-3-5-27(35(25)40)31-16-30(39)28(38(46-31)51-2)18-42-17-23-6-8-33(48)44-23/h3-5,10,12,14-16,23-24,42H,6-9,11,13,17-20H2,1-2H3,(H,44,48)(H,45,49)/t23-,24+/m1/s1. The lowest BCUT2D eigenvalue weighted by atomic mass is 9.93. The van der Waals surface area contributed by atoms with Gasteiger partial charge in [-0.2, -0.15) is 0 Å². The van der Waals surface area contributed by atoms with Gasteiger partial charge in [0.05, 0.1) is 40.7 Å². The van der Waals surface area contributed by atoms with E-state index in [0.717, 1.165) is 72.5 Å². The number of pyridine rings is 2. The fraction of sp³-hybridized carbons (Fsp3) is 0.368. The van der Waals surface area contributed by atoms with Crippen molar-refractivity contribution in [3.63, 3.8) is 0 Å². The Bertz CT molecular complexity index is 1970. The van der Waals surface area contributed by atoms with Crippen LogP contribution < -0.4 is 25.4 Å². The van der Waals surface area contributed by atoms with Crippen LogP contribution in [0.4, 0.5) is 0 Å². The summed E-state index contributed by atoms with van der Waals surface area (Å²) in [6.07, 6.45) is 5.40. The first kappa shape index (κ1) is 35.5. The normalized spacial score (nSPS) is 18.8. The highest BCUT2D eigenvalue weighted by Crippen LogP contribution is 2.43. The molecule has 4 aromatic rings. The summed E-state index contributed by atoms with van der Waals surface area (Å²) in [7, 11) is 3.24. The molecule has 3 aliphatic rings. The Hall–Kier alpha value is -3.93. The summed E-state index contributed by atoms with van der Waals surface area (Å²) in [5.41, 5.74) is 7.24. The lowest BCUT2D eigenvalue weighted by Gasteiger charge is -2.32. The number of nitrogens with zero attached hydrogens (tertiary/aromatic N) is 3. The van der Waals surface area contributed by atoms with Crippen molar-refractivity contribution in [3.05, 3.63) is 80.4 Å². The van der Waals surface area contributed by atoms with Crippen LogP contribution in [0.1, 0.15) is 42.4 Å². The third-order valence-electron chi connectivity index (χ3n) is 9.89. The smallest absolute Gasteiger partial charge is 0.220 e. The quantitative estimate of drug-likeness (QED) is 0.160. The number of amides is 2. The summed E-state index contributed by atoms with van der Waals surface area (Å²) in [4.78, 5) is 35.1. The van der Waals surface area contributed by atoms with Gasteiger partial charge >= 0.3 is 0 Å². The van der Waals surface area contributed by atoms with E-state index in [9.17, 15) is 9.59 Å². The monoisotopic (exact) mass is 748 g/mol. The van der Waals surface area contributed by atoms with E-state index in [4.69, 9.17) is 54.2 Å². The number of aromatic nitrogens is 2. The van der Waals surface area contributed by atoms with E-state index in [1.165, 1.54) is 5.56 Å². The molecule has 2 aromatic heterocycles. The van der Waals surface area contributed by atoms with Gasteiger partial charge in [0.15, 0.2) is 0 Å². The van der Waals surface area contributed by atoms with E-state index in [0.29, 0.717) is 63.8 Å². The molecule has 2 atom stereocenters. The van der Waals surface area contributed by atoms with Crippen LogP contribution in [0.25, 0.3) is 33.6 Å². The molecule has 0 radical (unpaired) electrons. The fourth-order valence-corrected chi connectivity index (χ4v) is 8.16. The first-order valence-corrected chi connectivity index (χ1v) is 18.2. The number of hydrogen-bond donors (Lipinski definition) is 3. The molecular weight excluding hydrogens is 711 g/mol. The molecule has 7 rings (SSSR count). The minimum Gasteiger partial charge on any atom is -0.496 e. The van der Waals surface area contributed by atoms with Crippen LogP contribution in [-0.4, -0.2) is 72.6 Å². The Morgan fingerprint density at radius 1 is 0.902 bits per heavy atom. The molecule has 5 heterocycles. The molecule has 2 aromatic carbocycles. The average Bonchev–Trinajstić information content (AvgIpc) is 3.75. The van der Waals surface area contributed by atoms with Crippen molar-refractivity contribution in [1.29, 1.82) is 0 Å². The first-order chi connectivity index (χ1) is 24.7. The second kappa shape index (κ2) is 15.4. The Morgan fingerprint density at radius 2 is 1.65 bits per heavy atom. The lowest BCUT2D eigenvalue weighted by molar-refractivity contribution is -0.120. The molecule has 2 fully saturated rings. The molecule has 51 heavy (non-hydrogen) atoms. The summed E-state index contributed by atoms with van der Waals surface area (Å²) in [5, 5.41) is 10.8. The molecule has 10 nitrogen and oxygen atoms in total. The zero-order valence-corrected chi connectivity index (χ0v) is 30.7. The second-order valence-electron chi connectivity index (χ2n) is 13.2. The fourth-order valence-electron chi connectivity index (χ4n) is 7.27. The Morgan fingerprint density at radius 3 is 2.37 bits per heavy atom. The van der Waals surface area contributed by atoms with E-state index in [1.807, 2.05) is 30.3 Å². The molecule has 0 aliphatic carbocycles. The second-order valence-corrected chi connectivity index (χ2v) is 14.4. The van der Waals surface area contributed by atoms with Gasteiger partial charge in [-0.05, 0) is 49.1 Å². The molecule has 0 bridgehead atoms. The maximum Gasteiger partial charge on any atom is 0.220 e. The van der Waals surface area contributed by atoms with Gasteiger partial charge in [-0.25, -0.2) is 4.98 Å². The van der Waals surface area contributed by atoms with Gasteiger partial charge in [0.25, 0.3) is 0 Å². The number of rotatable bonds is 11. The number of nitrogens with one attached hydrogen (secondary N) is 3. The molecule has 0 unspecified atom stereocenters. The highest BCUT2D eigenvalue weighted by atomic mass is 35.5. The van der Waals surface area contributed by atoms with Gasteiger partial charge in [-0.3, -0.25) is 19.5 Å². The number of carbonyl (C=O) groups is 2. The average molecular weight is 750 g/mol. The number of benzene rings is 2. The summed E-state index contributed by atoms with van der Waals surface area (Å²) < 4.78 is 11.6. The van der Waals surface area contributed by atoms with Gasteiger partial charge in [0.2, 0.25) is 17.7 Å². The molecule has 3 aliphatic heterocycles. The van der Waals surface area contributed by atoms with Gasteiger partial charge < -0.3 is 25.4 Å². The summed E-state index contributed by atoms with van der Waals surface area (Å²) in [6.45, 7) is 3.50. The van der Waals surface area contributed by atoms with E-state index in [-0.39, 0.29) is 23.9 Å². The highest BCUT2D eigenvalue weighted by Gasteiger charge is 2.28. The minimum absolute atomic E-state index is 0.0757. The van der Waals surface area contributed by atoms with Crippen molar-refractivity contribution in [3.8, 4) is 45.3 Å². The number of methoxy groups -OCH3 is 2. The van der Waals surface area contributed by atoms with Crippen LogP contribution in [0, 0.1) is 0 Å². The Labute approximate surface area is 312 Å². The highest BCUT2D eigenvalue weighted by molar-refractivity contribution is 6.39. The first-order valence-electron chi connectivity index (χ1n) is 17.1. The third kappa shape index (κ3) is 7.52. The maximum absolute atomic E-state index is 11.7. The molecule has 0 saturated carbocycles. The Balaban J connectivity index is 1.14. The van der Waals surface area contributed by atoms with Crippen LogP contribution in [0.5, 0.6) is 11.6 Å². The molecule has 3 N–H and O–H groups in total. The maximum atomic E-state index is 11.7. The number of halogens is 3. The van der Waals surface area contributed by atoms with Crippen LogP contribution in [0.2, 0.25) is 15.1 Å². The Kier molecular flexibility index (Phi) is 10.7. The molecular formula is C38H39Cl3N6O4. The van der Waals surface area contributed by atoms with Gasteiger partial charge in [0.1, 0.15) is 5.75 Å². The molecule has 13 heteroatoms. The number of carbonyl (C=O) groups excluding carboxylic acids is 2. The van der Waals surface area contributed by atoms with Crippen molar-refractivity contribution >= 4 is 46.6 Å². The molecule has 266 valence electrons. The van der Waals surface area contributed by atoms with Crippen LogP contribution in [0.3, 0.4) is 0 Å². The zero-order valence-electron chi connectivity index (χ0n) is 28.5. The van der Waals surface area contributed by atoms with Crippen molar-refractivity contribution in [2.75, 3.05) is 33.9 Å². The van der Waals surface area contributed by atoms with Crippen molar-refractivity contribution in [1.82, 2.24) is 30.8 Å². The van der Waals surface area contributed by atoms with Crippen LogP contribution >= 0.6 is 34.8 Å². The number of hydrogen-bond acceptors (Lipinski definition) is 8. The van der Waals surface area contributed by atoms with E-state index in [2.05, 4.69) is 26.9 Å². The van der Waals surface area contributed by atoms with Gasteiger partial charge in [-0.15, -0.1) is 0 Å². The van der Waals surface area contributed by atoms with Crippen LogP contribution in [-0.2, 0) is 29.1 Å². The summed E-state index contributed by atoms with van der Waals surface area (Å²) in [6, 6.07) is 13.8. The topological polar surface area (TPSA) is 118 Å². The lowest BCUT2D eigenvalue weighted by Crippen LogP contribution is -2.41. The SMILES string of the molecule is COc1cc(-c2nccc(-c3cccc(-c4cc(Cl)c(CNC[C@H]5CCC(=O)N5)c(OC)n4)c3Cl)c2Cl)cc2c1CN(C[C@@H]1CCC(=O)N1)CC2. The van der Waals surface area contributed by atoms with Gasteiger partial charge in [0, 0.05) is 97.2 Å². The van der Waals surface area contributed by atoms with Crippen LogP contribution in [0.15, 0.2) is 48.7 Å². The van der Waals surface area contributed by atoms with Crippen molar-refractivity contribution in [2.45, 2.75) is 57.3 Å². The zero-order chi connectivity index (χ0) is 35.6. The van der Waals surface area contributed by atoms with Crippen molar-refractivity contribution in [2.24, 2.45) is 0 Å². The third-order valence-corrected chi connectivity index (χ3v) is 11.0. The van der Waals surface area contributed by atoms with Gasteiger partial charge in [-0.1, -0.05) is 53.0 Å². The number of ether oxygens (including phenoxy) is 2. The van der Waals surface area contributed by atoms with E-state index in [1.54, 1.807) is 26.5 Å². The predicted octanol–water partition coefficient (Wildman–Crippen LogP) is 6.46. The predicted molar refractivity (Wildman–Crippen MR) is 199 cm³/mol. The summed E-state index contributed by atoms with van der Waals surface area (Å²) >= 11 is 21.1. The largest absolute Gasteiger partial charge is 0.496 e. The molecule has 2 saturated heterocycles. The van der Waals surface area contributed by atoms with E-state index >= 15 is 0 Å². The number of fused-ring (bicyclic) bond motifs is 1. The minimum atomic E-state index is 0.0757. The molecule has 2 amide bonds. The molecule has 0 spiro atoms. The summed E-state index contributed by atoms with van der Waals surface area (Å²) in [5.74, 6) is 1.38. The van der Waals surface area contributed by atoms with Crippen molar-refractivity contribution < 1.29 is 19.1 Å². The van der Waals surface area contributed by atoms with E-state index < -0.39 is 0 Å².